The minimum atomic E-state index is 0.525. The molecule has 4 N–H and O–H groups in total. The number of nitrogens with one attached hydrogen (secondary N) is 2. The van der Waals surface area contributed by atoms with E-state index in [1.807, 2.05) is 36.4 Å². The van der Waals surface area contributed by atoms with Gasteiger partial charge >= 0.3 is 0 Å². The van der Waals surface area contributed by atoms with Crippen LogP contribution in [0.1, 0.15) is 13.3 Å². The molecule has 3 aromatic carbocycles. The van der Waals surface area contributed by atoms with E-state index in [4.69, 9.17) is 33.7 Å². The Balaban J connectivity index is 1.73. The van der Waals surface area contributed by atoms with Crippen LogP contribution >= 0.6 is 23.2 Å². The maximum atomic E-state index is 6.30. The second kappa shape index (κ2) is 7.42. The van der Waals surface area contributed by atoms with Crippen LogP contribution < -0.4 is 10.5 Å². The van der Waals surface area contributed by atoms with Crippen LogP contribution in [0.5, 0.6) is 5.75 Å². The number of halogens is 2. The number of ether oxygens (including phenoxy) is 1. The number of aromatic nitrogens is 2. The van der Waals surface area contributed by atoms with Crippen molar-refractivity contribution in [2.24, 2.45) is 10.7 Å². The molecule has 5 aromatic rings. The number of hydrogen-bond donors (Lipinski definition) is 3. The number of amidine groups is 1. The highest BCUT2D eigenvalue weighted by atomic mass is 35.5. The molecule has 0 atom stereocenters. The van der Waals surface area contributed by atoms with Crippen LogP contribution in [-0.2, 0) is 0 Å². The Bertz CT molecular complexity index is 1350. The predicted molar refractivity (Wildman–Crippen MR) is 127 cm³/mol. The second-order valence-corrected chi connectivity index (χ2v) is 8.28. The monoisotopic (exact) mass is 438 g/mol. The van der Waals surface area contributed by atoms with Crippen molar-refractivity contribution in [2.75, 3.05) is 13.2 Å². The molecule has 5 nitrogen and oxygen atoms in total. The van der Waals surface area contributed by atoms with Crippen LogP contribution in [-0.4, -0.2) is 29.0 Å². The molecule has 7 heteroatoms. The Morgan fingerprint density at radius 3 is 2.00 bits per heavy atom. The van der Waals surface area contributed by atoms with Crippen LogP contribution in [0.4, 0.5) is 0 Å². The van der Waals surface area contributed by atoms with Gasteiger partial charge in [-0.2, -0.15) is 0 Å². The molecule has 152 valence electrons. The van der Waals surface area contributed by atoms with Gasteiger partial charge in [-0.25, -0.2) is 0 Å². The average Bonchev–Trinajstić information content (AvgIpc) is 3.25. The molecule has 0 aliphatic heterocycles. The first-order valence-corrected chi connectivity index (χ1v) is 10.5. The van der Waals surface area contributed by atoms with Gasteiger partial charge in [0.1, 0.15) is 0 Å². The van der Waals surface area contributed by atoms with Gasteiger partial charge in [-0.3, -0.25) is 4.99 Å². The lowest BCUT2D eigenvalue weighted by atomic mass is 10.1. The summed E-state index contributed by atoms with van der Waals surface area (Å²) in [6.07, 6.45) is 0.768. The lowest BCUT2D eigenvalue weighted by Gasteiger charge is -2.09. The molecule has 0 amide bonds. The van der Waals surface area contributed by atoms with Gasteiger partial charge in [0.25, 0.3) is 0 Å². The first-order valence-electron chi connectivity index (χ1n) is 9.75. The summed E-state index contributed by atoms with van der Waals surface area (Å²) in [7, 11) is 0. The molecule has 0 aliphatic rings. The fraction of sp³-hybridized carbons (Fsp3) is 0.174. The number of benzene rings is 3. The number of aliphatic imine (C=N–C) groups is 1. The van der Waals surface area contributed by atoms with Crippen molar-refractivity contribution in [1.82, 2.24) is 9.97 Å². The molecule has 30 heavy (non-hydrogen) atoms. The fourth-order valence-electron chi connectivity index (χ4n) is 3.94. The van der Waals surface area contributed by atoms with Gasteiger partial charge in [0, 0.05) is 55.6 Å². The summed E-state index contributed by atoms with van der Waals surface area (Å²) < 4.78 is 6.30. The highest BCUT2D eigenvalue weighted by Gasteiger charge is 2.18. The molecule has 0 bridgehead atoms. The molecule has 0 saturated carbocycles. The number of rotatable bonds is 5. The summed E-state index contributed by atoms with van der Waals surface area (Å²) in [5.41, 5.74) is 9.53. The number of aromatic amines is 2. The predicted octanol–water partition coefficient (Wildman–Crippen LogP) is 6.41. The van der Waals surface area contributed by atoms with Crippen molar-refractivity contribution in [1.29, 1.82) is 0 Å². The molecule has 0 fully saturated rings. The minimum Gasteiger partial charge on any atom is -0.489 e. The third-order valence-electron chi connectivity index (χ3n) is 5.25. The summed E-state index contributed by atoms with van der Waals surface area (Å²) >= 11 is 12.6. The minimum absolute atomic E-state index is 0.525. The maximum absolute atomic E-state index is 6.30. The van der Waals surface area contributed by atoms with Crippen molar-refractivity contribution in [3.8, 4) is 5.75 Å². The first kappa shape index (κ1) is 19.1. The average molecular weight is 439 g/mol. The van der Waals surface area contributed by atoms with Gasteiger partial charge in [0.2, 0.25) is 0 Å². The fourth-order valence-corrected chi connectivity index (χ4v) is 4.28. The van der Waals surface area contributed by atoms with E-state index in [-0.39, 0.29) is 0 Å². The molecule has 2 aromatic heterocycles. The van der Waals surface area contributed by atoms with Crippen LogP contribution in [0.3, 0.4) is 0 Å². The molecule has 0 unspecified atom stereocenters. The normalized spacial score (nSPS) is 12.6. The Morgan fingerprint density at radius 2 is 1.47 bits per heavy atom. The molecule has 0 spiro atoms. The van der Waals surface area contributed by atoms with Gasteiger partial charge in [-0.05, 0) is 49.4 Å². The number of fused-ring (bicyclic) bond motifs is 6. The molecule has 0 radical (unpaired) electrons. The smallest absolute Gasteiger partial charge is 0.167 e. The van der Waals surface area contributed by atoms with Crippen molar-refractivity contribution in [3.05, 3.63) is 52.5 Å². The zero-order chi connectivity index (χ0) is 20.8. The highest BCUT2D eigenvalue weighted by Crippen LogP contribution is 2.41. The number of nitrogens with zero attached hydrogens (tertiary/aromatic N) is 1. The van der Waals surface area contributed by atoms with E-state index < -0.39 is 0 Å². The lowest BCUT2D eigenvalue weighted by molar-refractivity contribution is 0.320. The van der Waals surface area contributed by atoms with E-state index in [9.17, 15) is 0 Å². The molecular weight excluding hydrogens is 419 g/mol. The van der Waals surface area contributed by atoms with Crippen molar-refractivity contribution < 1.29 is 4.74 Å². The zero-order valence-electron chi connectivity index (χ0n) is 16.4. The van der Waals surface area contributed by atoms with Crippen LogP contribution in [0.15, 0.2) is 47.5 Å². The highest BCUT2D eigenvalue weighted by molar-refractivity contribution is 6.33. The molecule has 2 heterocycles. The van der Waals surface area contributed by atoms with Crippen molar-refractivity contribution in [2.45, 2.75) is 13.3 Å². The zero-order valence-corrected chi connectivity index (χ0v) is 17.9. The summed E-state index contributed by atoms with van der Waals surface area (Å²) in [4.78, 5) is 11.2. The largest absolute Gasteiger partial charge is 0.489 e. The second-order valence-electron chi connectivity index (χ2n) is 7.41. The molecule has 0 aliphatic carbocycles. The van der Waals surface area contributed by atoms with Crippen LogP contribution in [0.25, 0.3) is 43.6 Å². The molecule has 0 saturated heterocycles. The topological polar surface area (TPSA) is 79.2 Å². The Labute approximate surface area is 182 Å². The van der Waals surface area contributed by atoms with E-state index >= 15 is 0 Å². The Kier molecular flexibility index (Phi) is 4.72. The van der Waals surface area contributed by atoms with Gasteiger partial charge in [-0.1, -0.05) is 23.2 Å². The van der Waals surface area contributed by atoms with Crippen molar-refractivity contribution in [3.63, 3.8) is 0 Å². The van der Waals surface area contributed by atoms with Gasteiger partial charge in [0.15, 0.2) is 5.75 Å². The van der Waals surface area contributed by atoms with E-state index in [0.29, 0.717) is 29.0 Å². The molecule has 5 rings (SSSR count). The molecular formula is C23H20Cl2N4O. The number of nitrogens with two attached hydrogens (primary N) is 1. The summed E-state index contributed by atoms with van der Waals surface area (Å²) in [6, 6.07) is 13.9. The SMILES string of the molecule is CC(N)=NCCCOc1c2[nH]c3ccc(Cl)cc3c2cc2c1[nH]c1ccc(Cl)cc12. The van der Waals surface area contributed by atoms with Crippen LogP contribution in [0, 0.1) is 0 Å². The standard InChI is InChI=1S/C23H20Cl2N4O/c1-12(26)27-7-2-8-30-23-21-17(15-9-13(24)3-5-19(15)28-21)11-18-16-10-14(25)4-6-20(16)29-22(18)23/h3-6,9-11,28-29H,2,7-8H2,1H3,(H2,26,27). The van der Waals surface area contributed by atoms with E-state index in [0.717, 1.165) is 55.8 Å². The van der Waals surface area contributed by atoms with E-state index in [1.165, 1.54) is 0 Å². The van der Waals surface area contributed by atoms with E-state index in [1.54, 1.807) is 6.92 Å². The number of hydrogen-bond acceptors (Lipinski definition) is 2. The summed E-state index contributed by atoms with van der Waals surface area (Å²) in [5, 5.41) is 5.64. The quantitative estimate of drug-likeness (QED) is 0.168. The van der Waals surface area contributed by atoms with Crippen LogP contribution in [0.2, 0.25) is 10.0 Å². The van der Waals surface area contributed by atoms with Gasteiger partial charge in [0.05, 0.1) is 23.5 Å². The number of H-pyrrole nitrogens is 2. The Hall–Kier alpha value is -2.89. The first-order chi connectivity index (χ1) is 14.5. The van der Waals surface area contributed by atoms with Gasteiger partial charge < -0.3 is 20.4 Å². The van der Waals surface area contributed by atoms with Crippen molar-refractivity contribution >= 4 is 72.6 Å². The summed E-state index contributed by atoms with van der Waals surface area (Å²) in [6.45, 7) is 2.94. The van der Waals surface area contributed by atoms with Gasteiger partial charge in [-0.15, -0.1) is 0 Å². The lowest BCUT2D eigenvalue weighted by Crippen LogP contribution is -2.07. The van der Waals surface area contributed by atoms with E-state index in [2.05, 4.69) is 21.0 Å². The maximum Gasteiger partial charge on any atom is 0.167 e. The third-order valence-corrected chi connectivity index (χ3v) is 5.72. The third kappa shape index (κ3) is 3.24. The Morgan fingerprint density at radius 1 is 0.900 bits per heavy atom. The summed E-state index contributed by atoms with van der Waals surface area (Å²) in [5.74, 6) is 1.37.